The van der Waals surface area contributed by atoms with E-state index in [1.165, 1.54) is 18.3 Å². The van der Waals surface area contributed by atoms with Crippen LogP contribution in [0.15, 0.2) is 30.6 Å². The lowest BCUT2D eigenvalue weighted by atomic mass is 10.2. The average molecular weight is 256 g/mol. The Morgan fingerprint density at radius 2 is 1.95 bits per heavy atom. The monoisotopic (exact) mass is 256 g/mol. The highest BCUT2D eigenvalue weighted by Gasteiger charge is 2.05. The number of hydrogen-bond acceptors (Lipinski definition) is 3. The fraction of sp³-hybridized carbons (Fsp3) is 0.0714. The number of aromatic carboxylic acids is 1. The van der Waals surface area contributed by atoms with Crippen molar-refractivity contribution in [3.05, 3.63) is 58.9 Å². The molecule has 0 saturated carbocycles. The normalized spacial score (nSPS) is 9.58. The van der Waals surface area contributed by atoms with E-state index in [0.29, 0.717) is 16.8 Å². The van der Waals surface area contributed by atoms with Gasteiger partial charge in [-0.3, -0.25) is 4.98 Å². The lowest BCUT2D eigenvalue weighted by Gasteiger charge is -1.98. The van der Waals surface area contributed by atoms with Gasteiger partial charge < -0.3 is 5.11 Å². The minimum atomic E-state index is -1.11. The molecule has 0 unspecified atom stereocenters. The number of carboxylic acid groups (broad SMARTS) is 1. The van der Waals surface area contributed by atoms with E-state index in [9.17, 15) is 9.18 Å². The van der Waals surface area contributed by atoms with Crippen molar-refractivity contribution in [1.82, 2.24) is 9.97 Å². The maximum Gasteiger partial charge on any atom is 0.354 e. The molecule has 2 aromatic rings. The molecule has 0 aliphatic carbocycles. The highest BCUT2D eigenvalue weighted by atomic mass is 19.1. The molecule has 0 radical (unpaired) electrons. The Balaban J connectivity index is 2.37. The number of pyridine rings is 2. The minimum absolute atomic E-state index is 0.0679. The van der Waals surface area contributed by atoms with Gasteiger partial charge in [0.2, 0.25) is 0 Å². The highest BCUT2D eigenvalue weighted by Crippen LogP contribution is 2.05. The second-order valence-electron chi connectivity index (χ2n) is 3.83. The Labute approximate surface area is 109 Å². The molecule has 0 saturated heterocycles. The Kier molecular flexibility index (Phi) is 3.53. The maximum absolute atomic E-state index is 12.9. The average Bonchev–Trinajstić information content (AvgIpc) is 2.36. The standard InChI is InChI=1S/C14H9FN2O2/c1-9-4-10(6-13(17-9)14(18)19)2-3-11-5-12(15)8-16-7-11/h4-8H,1H3,(H,18,19). The van der Waals surface area contributed by atoms with Gasteiger partial charge in [-0.15, -0.1) is 0 Å². The van der Waals surface area contributed by atoms with Crippen LogP contribution in [0, 0.1) is 24.6 Å². The van der Waals surface area contributed by atoms with Crippen LogP contribution < -0.4 is 0 Å². The van der Waals surface area contributed by atoms with E-state index in [-0.39, 0.29) is 5.69 Å². The molecule has 1 N–H and O–H groups in total. The van der Waals surface area contributed by atoms with Crippen molar-refractivity contribution in [2.45, 2.75) is 6.92 Å². The summed E-state index contributed by atoms with van der Waals surface area (Å²) in [6, 6.07) is 4.29. The lowest BCUT2D eigenvalue weighted by Crippen LogP contribution is -2.02. The zero-order valence-electron chi connectivity index (χ0n) is 10.0. The summed E-state index contributed by atoms with van der Waals surface area (Å²) in [7, 11) is 0. The predicted octanol–water partition coefficient (Wildman–Crippen LogP) is 2.02. The van der Waals surface area contributed by atoms with Gasteiger partial charge in [-0.25, -0.2) is 14.2 Å². The third-order valence-electron chi connectivity index (χ3n) is 2.23. The van der Waals surface area contributed by atoms with E-state index in [4.69, 9.17) is 5.11 Å². The van der Waals surface area contributed by atoms with E-state index in [1.54, 1.807) is 13.0 Å². The van der Waals surface area contributed by atoms with Gasteiger partial charge in [0.1, 0.15) is 11.5 Å². The topological polar surface area (TPSA) is 63.1 Å². The molecule has 2 rings (SSSR count). The van der Waals surface area contributed by atoms with Crippen LogP contribution in [0.4, 0.5) is 4.39 Å². The van der Waals surface area contributed by atoms with E-state index in [2.05, 4.69) is 21.8 Å². The SMILES string of the molecule is Cc1cc(C#Cc2cncc(F)c2)cc(C(=O)O)n1. The molecular formula is C14H9FN2O2. The van der Waals surface area contributed by atoms with Crippen molar-refractivity contribution in [3.8, 4) is 11.8 Å². The Bertz CT molecular complexity index is 702. The molecule has 0 bridgehead atoms. The summed E-state index contributed by atoms with van der Waals surface area (Å²) in [6.45, 7) is 1.68. The fourth-order valence-corrected chi connectivity index (χ4v) is 1.47. The first-order chi connectivity index (χ1) is 9.04. The number of rotatable bonds is 1. The van der Waals surface area contributed by atoms with Crippen LogP contribution in [-0.2, 0) is 0 Å². The summed E-state index contributed by atoms with van der Waals surface area (Å²) in [5, 5.41) is 8.89. The molecule has 0 aliphatic rings. The molecule has 0 atom stereocenters. The van der Waals surface area contributed by atoms with Gasteiger partial charge in [-0.1, -0.05) is 11.8 Å². The summed E-state index contributed by atoms with van der Waals surface area (Å²) < 4.78 is 12.9. The summed E-state index contributed by atoms with van der Waals surface area (Å²) in [6.07, 6.45) is 2.52. The number of carbonyl (C=O) groups is 1. The second-order valence-corrected chi connectivity index (χ2v) is 3.83. The van der Waals surface area contributed by atoms with Gasteiger partial charge in [0.05, 0.1) is 6.20 Å². The molecule has 19 heavy (non-hydrogen) atoms. The maximum atomic E-state index is 12.9. The van der Waals surface area contributed by atoms with Crippen LogP contribution in [0.3, 0.4) is 0 Å². The molecule has 0 amide bonds. The fourth-order valence-electron chi connectivity index (χ4n) is 1.47. The lowest BCUT2D eigenvalue weighted by molar-refractivity contribution is 0.0690. The first kappa shape index (κ1) is 12.7. The molecule has 2 aromatic heterocycles. The minimum Gasteiger partial charge on any atom is -0.477 e. The molecule has 0 aromatic carbocycles. The third kappa shape index (κ3) is 3.36. The Morgan fingerprint density at radius 3 is 2.63 bits per heavy atom. The first-order valence-electron chi connectivity index (χ1n) is 5.39. The van der Waals surface area contributed by atoms with Crippen LogP contribution >= 0.6 is 0 Å². The van der Waals surface area contributed by atoms with Crippen molar-refractivity contribution in [2.75, 3.05) is 0 Å². The van der Waals surface area contributed by atoms with E-state index >= 15 is 0 Å². The predicted molar refractivity (Wildman–Crippen MR) is 66.1 cm³/mol. The number of nitrogens with zero attached hydrogens (tertiary/aromatic N) is 2. The van der Waals surface area contributed by atoms with Crippen LogP contribution in [0.5, 0.6) is 0 Å². The zero-order chi connectivity index (χ0) is 13.8. The summed E-state index contributed by atoms with van der Waals surface area (Å²) in [4.78, 5) is 18.4. The molecule has 0 aliphatic heterocycles. The molecule has 0 spiro atoms. The van der Waals surface area contributed by atoms with E-state index in [1.807, 2.05) is 0 Å². The number of halogens is 1. The largest absolute Gasteiger partial charge is 0.477 e. The van der Waals surface area contributed by atoms with Crippen molar-refractivity contribution in [3.63, 3.8) is 0 Å². The number of hydrogen-bond donors (Lipinski definition) is 1. The van der Waals surface area contributed by atoms with E-state index < -0.39 is 11.8 Å². The smallest absolute Gasteiger partial charge is 0.354 e. The third-order valence-corrected chi connectivity index (χ3v) is 2.23. The molecular weight excluding hydrogens is 247 g/mol. The molecule has 2 heterocycles. The van der Waals surface area contributed by atoms with Gasteiger partial charge >= 0.3 is 5.97 Å². The highest BCUT2D eigenvalue weighted by molar-refractivity contribution is 5.85. The quantitative estimate of drug-likeness (QED) is 0.793. The van der Waals surface area contributed by atoms with Gasteiger partial charge in [-0.05, 0) is 25.1 Å². The molecule has 4 nitrogen and oxygen atoms in total. The number of carboxylic acids is 1. The molecule has 0 fully saturated rings. The van der Waals surface area contributed by atoms with Crippen molar-refractivity contribution >= 4 is 5.97 Å². The molecule has 5 heteroatoms. The Morgan fingerprint density at radius 1 is 1.21 bits per heavy atom. The van der Waals surface area contributed by atoms with Crippen LogP contribution in [0.2, 0.25) is 0 Å². The van der Waals surface area contributed by atoms with Gasteiger partial charge in [0, 0.05) is 23.0 Å². The first-order valence-corrected chi connectivity index (χ1v) is 5.39. The number of aryl methyl sites for hydroxylation is 1. The molecule has 94 valence electrons. The summed E-state index contributed by atoms with van der Waals surface area (Å²) in [5.74, 6) is 3.91. The summed E-state index contributed by atoms with van der Waals surface area (Å²) in [5.41, 5.74) is 1.42. The zero-order valence-corrected chi connectivity index (χ0v) is 10.0. The van der Waals surface area contributed by atoms with Crippen LogP contribution in [-0.4, -0.2) is 21.0 Å². The van der Waals surface area contributed by atoms with Crippen LogP contribution in [0.1, 0.15) is 27.3 Å². The van der Waals surface area contributed by atoms with Gasteiger partial charge in [0.25, 0.3) is 0 Å². The van der Waals surface area contributed by atoms with Gasteiger partial charge in [-0.2, -0.15) is 0 Å². The van der Waals surface area contributed by atoms with Crippen LogP contribution in [0.25, 0.3) is 0 Å². The van der Waals surface area contributed by atoms with E-state index in [0.717, 1.165) is 6.20 Å². The van der Waals surface area contributed by atoms with Crippen molar-refractivity contribution in [1.29, 1.82) is 0 Å². The second kappa shape index (κ2) is 5.27. The Hall–Kier alpha value is -2.74. The van der Waals surface area contributed by atoms with Crippen molar-refractivity contribution < 1.29 is 14.3 Å². The number of aromatic nitrogens is 2. The van der Waals surface area contributed by atoms with Gasteiger partial charge in [0.15, 0.2) is 0 Å². The summed E-state index contributed by atoms with van der Waals surface area (Å²) >= 11 is 0. The van der Waals surface area contributed by atoms with Crippen molar-refractivity contribution in [2.24, 2.45) is 0 Å².